The van der Waals surface area contributed by atoms with Crippen molar-refractivity contribution in [2.24, 2.45) is 4.99 Å². The Morgan fingerprint density at radius 2 is 2.64 bits per heavy atom. The van der Waals surface area contributed by atoms with E-state index in [-0.39, 0.29) is 0 Å². The van der Waals surface area contributed by atoms with Crippen LogP contribution in [0.2, 0.25) is 0 Å². The molecule has 0 bridgehead atoms. The molecule has 1 aromatic heterocycles. The van der Waals surface area contributed by atoms with Gasteiger partial charge in [0, 0.05) is 10.8 Å². The fourth-order valence-corrected chi connectivity index (χ4v) is 1.61. The molecule has 0 amide bonds. The highest BCUT2D eigenvalue weighted by molar-refractivity contribution is 7.10. The zero-order valence-corrected chi connectivity index (χ0v) is 7.10. The Bertz CT molecular complexity index is 249. The van der Waals surface area contributed by atoms with Crippen molar-refractivity contribution in [1.29, 1.82) is 0 Å². The quantitative estimate of drug-likeness (QED) is 0.501. The lowest BCUT2D eigenvalue weighted by molar-refractivity contribution is 0.561. The van der Waals surface area contributed by atoms with Gasteiger partial charge in [0.1, 0.15) is 0 Å². The van der Waals surface area contributed by atoms with E-state index >= 15 is 0 Å². The van der Waals surface area contributed by atoms with Crippen molar-refractivity contribution in [3.05, 3.63) is 22.4 Å². The largest absolute Gasteiger partial charge is 0.234 e. The molecule has 2 nitrogen and oxygen atoms in total. The molecule has 0 aliphatic carbocycles. The maximum absolute atomic E-state index is 9.79. The Kier molecular flexibility index (Phi) is 3.02. The van der Waals surface area contributed by atoms with E-state index in [1.54, 1.807) is 17.4 Å². The lowest BCUT2D eigenvalue weighted by Gasteiger charge is -2.01. The number of hydrogen-bond acceptors (Lipinski definition) is 3. The summed E-state index contributed by atoms with van der Waals surface area (Å²) < 4.78 is 0. The second-order valence-corrected chi connectivity index (χ2v) is 3.33. The fourth-order valence-electron chi connectivity index (χ4n) is 0.836. The average Bonchev–Trinajstić information content (AvgIpc) is 2.52. The third kappa shape index (κ3) is 2.30. The highest BCUT2D eigenvalue weighted by Gasteiger charge is 2.03. The fraction of sp³-hybridized carbons (Fsp3) is 0.375. The Morgan fingerprint density at radius 1 is 1.82 bits per heavy atom. The van der Waals surface area contributed by atoms with Crippen LogP contribution in [-0.4, -0.2) is 12.6 Å². The maximum Gasteiger partial charge on any atom is 0.234 e. The molecule has 1 atom stereocenters. The molecule has 0 N–H and O–H groups in total. The third-order valence-corrected chi connectivity index (χ3v) is 2.56. The molecular weight excluding hydrogens is 158 g/mol. The number of aliphatic imine (C=N–C) groups is 1. The lowest BCUT2D eigenvalue weighted by atomic mass is 10.1. The molecular formula is C8H9NOS. The minimum absolute atomic E-state index is 0.344. The zero-order valence-electron chi connectivity index (χ0n) is 6.28. The van der Waals surface area contributed by atoms with Crippen LogP contribution in [0.1, 0.15) is 17.7 Å². The summed E-state index contributed by atoms with van der Waals surface area (Å²) in [5.74, 6) is 0.344. The van der Waals surface area contributed by atoms with Crippen LogP contribution in [-0.2, 0) is 4.79 Å². The standard InChI is InChI=1S/C8H9NOS/c1-7(5-9-6-10)8-3-2-4-11-8/h2-4,7H,5H2,1H3. The molecule has 1 unspecified atom stereocenters. The molecule has 1 heterocycles. The predicted molar refractivity (Wildman–Crippen MR) is 45.7 cm³/mol. The van der Waals surface area contributed by atoms with Gasteiger partial charge < -0.3 is 0 Å². The van der Waals surface area contributed by atoms with Gasteiger partial charge in [-0.2, -0.15) is 0 Å². The summed E-state index contributed by atoms with van der Waals surface area (Å²) in [7, 11) is 0. The SMILES string of the molecule is CC(CN=C=O)c1cccs1. The summed E-state index contributed by atoms with van der Waals surface area (Å²) in [6.07, 6.45) is 1.54. The molecule has 0 aliphatic rings. The lowest BCUT2D eigenvalue weighted by Crippen LogP contribution is -1.93. The molecule has 58 valence electrons. The second kappa shape index (κ2) is 4.06. The first kappa shape index (κ1) is 8.18. The monoisotopic (exact) mass is 167 g/mol. The van der Waals surface area contributed by atoms with Crippen LogP contribution >= 0.6 is 11.3 Å². The molecule has 0 radical (unpaired) electrons. The van der Waals surface area contributed by atoms with E-state index in [0.29, 0.717) is 12.5 Å². The van der Waals surface area contributed by atoms with Gasteiger partial charge in [0.25, 0.3) is 0 Å². The van der Waals surface area contributed by atoms with Gasteiger partial charge in [0.15, 0.2) is 0 Å². The van der Waals surface area contributed by atoms with Crippen molar-refractivity contribution in [2.45, 2.75) is 12.8 Å². The summed E-state index contributed by atoms with van der Waals surface area (Å²) in [6.45, 7) is 2.59. The van der Waals surface area contributed by atoms with Crippen molar-refractivity contribution < 1.29 is 4.79 Å². The van der Waals surface area contributed by atoms with Crippen LogP contribution < -0.4 is 0 Å². The van der Waals surface area contributed by atoms with E-state index in [1.807, 2.05) is 18.4 Å². The first-order valence-electron chi connectivity index (χ1n) is 3.41. The van der Waals surface area contributed by atoms with E-state index in [2.05, 4.69) is 11.1 Å². The number of hydrogen-bond donors (Lipinski definition) is 0. The van der Waals surface area contributed by atoms with Crippen molar-refractivity contribution in [2.75, 3.05) is 6.54 Å². The number of nitrogens with zero attached hydrogens (tertiary/aromatic N) is 1. The Morgan fingerprint density at radius 3 is 3.18 bits per heavy atom. The number of thiophene rings is 1. The summed E-state index contributed by atoms with van der Waals surface area (Å²) in [6, 6.07) is 4.05. The molecule has 0 aliphatic heterocycles. The molecule has 0 spiro atoms. The van der Waals surface area contributed by atoms with Crippen molar-refractivity contribution >= 4 is 17.4 Å². The van der Waals surface area contributed by atoms with Crippen LogP contribution in [0.3, 0.4) is 0 Å². The predicted octanol–water partition coefficient (Wildman–Crippen LogP) is 2.19. The van der Waals surface area contributed by atoms with Gasteiger partial charge >= 0.3 is 0 Å². The van der Waals surface area contributed by atoms with Crippen LogP contribution in [0.25, 0.3) is 0 Å². The number of isocyanates is 1. The number of carbonyl (C=O) groups excluding carboxylic acids is 1. The van der Waals surface area contributed by atoms with E-state index in [1.165, 1.54) is 4.88 Å². The Labute approximate surface area is 69.6 Å². The molecule has 0 fully saturated rings. The van der Waals surface area contributed by atoms with Crippen LogP contribution in [0.15, 0.2) is 22.5 Å². The normalized spacial score (nSPS) is 12.1. The molecule has 11 heavy (non-hydrogen) atoms. The van der Waals surface area contributed by atoms with Crippen LogP contribution in [0, 0.1) is 0 Å². The van der Waals surface area contributed by atoms with Crippen molar-refractivity contribution in [3.8, 4) is 0 Å². The third-order valence-electron chi connectivity index (χ3n) is 1.46. The van der Waals surface area contributed by atoms with Gasteiger partial charge in [0.2, 0.25) is 6.08 Å². The van der Waals surface area contributed by atoms with Crippen molar-refractivity contribution in [1.82, 2.24) is 0 Å². The molecule has 1 rings (SSSR count). The highest BCUT2D eigenvalue weighted by atomic mass is 32.1. The van der Waals surface area contributed by atoms with E-state index in [9.17, 15) is 4.79 Å². The summed E-state index contributed by atoms with van der Waals surface area (Å²) in [5, 5.41) is 2.02. The van der Waals surface area contributed by atoms with Gasteiger partial charge in [-0.1, -0.05) is 13.0 Å². The summed E-state index contributed by atoms with van der Waals surface area (Å²) in [5.41, 5.74) is 0. The summed E-state index contributed by atoms with van der Waals surface area (Å²) >= 11 is 1.69. The van der Waals surface area contributed by atoms with E-state index in [4.69, 9.17) is 0 Å². The smallest absolute Gasteiger partial charge is 0.211 e. The topological polar surface area (TPSA) is 29.4 Å². The maximum atomic E-state index is 9.79. The Hall–Kier alpha value is -0.920. The van der Waals surface area contributed by atoms with Gasteiger partial charge in [-0.3, -0.25) is 0 Å². The van der Waals surface area contributed by atoms with Gasteiger partial charge in [-0.25, -0.2) is 9.79 Å². The van der Waals surface area contributed by atoms with Crippen LogP contribution in [0.4, 0.5) is 0 Å². The van der Waals surface area contributed by atoms with E-state index < -0.39 is 0 Å². The van der Waals surface area contributed by atoms with Gasteiger partial charge in [0.05, 0.1) is 6.54 Å². The number of rotatable bonds is 3. The molecule has 1 aromatic rings. The average molecular weight is 167 g/mol. The minimum atomic E-state index is 0.344. The van der Waals surface area contributed by atoms with E-state index in [0.717, 1.165) is 0 Å². The molecule has 3 heteroatoms. The second-order valence-electron chi connectivity index (χ2n) is 2.35. The zero-order chi connectivity index (χ0) is 8.10. The van der Waals surface area contributed by atoms with Gasteiger partial charge in [-0.15, -0.1) is 11.3 Å². The Balaban J connectivity index is 2.55. The molecule has 0 saturated heterocycles. The first-order chi connectivity index (χ1) is 5.34. The van der Waals surface area contributed by atoms with Gasteiger partial charge in [-0.05, 0) is 11.4 Å². The minimum Gasteiger partial charge on any atom is -0.211 e. The van der Waals surface area contributed by atoms with Crippen LogP contribution in [0.5, 0.6) is 0 Å². The molecule has 0 saturated carbocycles. The molecule has 0 aromatic carbocycles. The first-order valence-corrected chi connectivity index (χ1v) is 4.29. The summed E-state index contributed by atoms with van der Waals surface area (Å²) in [4.78, 5) is 14.6. The highest BCUT2D eigenvalue weighted by Crippen LogP contribution is 2.20. The van der Waals surface area contributed by atoms with Crippen molar-refractivity contribution in [3.63, 3.8) is 0 Å².